The van der Waals surface area contributed by atoms with Crippen molar-refractivity contribution in [2.24, 2.45) is 0 Å². The summed E-state index contributed by atoms with van der Waals surface area (Å²) >= 11 is 0. The first-order chi connectivity index (χ1) is 10.2. The molecule has 2 aromatic heterocycles. The van der Waals surface area contributed by atoms with Crippen molar-refractivity contribution >= 4 is 27.8 Å². The van der Waals surface area contributed by atoms with E-state index in [1.165, 1.54) is 0 Å². The van der Waals surface area contributed by atoms with Crippen molar-refractivity contribution in [1.29, 1.82) is 0 Å². The molecule has 0 aliphatic heterocycles. The Morgan fingerprint density at radius 1 is 1.24 bits per heavy atom. The van der Waals surface area contributed by atoms with E-state index in [4.69, 9.17) is 0 Å². The smallest absolute Gasteiger partial charge is 0.354 e. The van der Waals surface area contributed by atoms with Gasteiger partial charge in [0.1, 0.15) is 0 Å². The number of nitrogens with zero attached hydrogens (tertiary/aromatic N) is 1. The van der Waals surface area contributed by atoms with Gasteiger partial charge in [0.05, 0.1) is 11.7 Å². The number of carbonyl (C=O) groups is 1. The van der Waals surface area contributed by atoms with Crippen molar-refractivity contribution in [1.82, 2.24) is 9.97 Å². The Kier molecular flexibility index (Phi) is 3.60. The lowest BCUT2D eigenvalue weighted by atomic mass is 9.99. The van der Waals surface area contributed by atoms with E-state index in [0.29, 0.717) is 0 Å². The summed E-state index contributed by atoms with van der Waals surface area (Å²) in [5.41, 5.74) is 2.97. The molecular weight excluding hydrogens is 264 g/mol. The standard InChI is InChI=1S/C17H18N2O2/c1-2-3-4-8-12-15-11-7-5-6-9-13(11)19-14(15)10-18-16(12)17(20)21/h5-7,9-10,19H,2-4,8H2,1H3,(H,20,21). The molecule has 4 nitrogen and oxygen atoms in total. The third-order valence-corrected chi connectivity index (χ3v) is 3.88. The van der Waals surface area contributed by atoms with E-state index in [9.17, 15) is 9.90 Å². The van der Waals surface area contributed by atoms with Crippen molar-refractivity contribution in [2.45, 2.75) is 32.6 Å². The Morgan fingerprint density at radius 2 is 2.05 bits per heavy atom. The van der Waals surface area contributed by atoms with Gasteiger partial charge in [-0.25, -0.2) is 9.78 Å². The summed E-state index contributed by atoms with van der Waals surface area (Å²) in [6, 6.07) is 7.99. The van der Waals surface area contributed by atoms with Crippen molar-refractivity contribution in [2.75, 3.05) is 0 Å². The maximum absolute atomic E-state index is 11.5. The molecule has 108 valence electrons. The molecule has 0 fully saturated rings. The van der Waals surface area contributed by atoms with Crippen LogP contribution in [0.1, 0.15) is 42.2 Å². The predicted octanol–water partition coefficient (Wildman–Crippen LogP) is 4.15. The first-order valence-electron chi connectivity index (χ1n) is 7.34. The monoisotopic (exact) mass is 282 g/mol. The zero-order chi connectivity index (χ0) is 14.8. The predicted molar refractivity (Wildman–Crippen MR) is 83.8 cm³/mol. The molecule has 0 atom stereocenters. The molecule has 0 spiro atoms. The second-order valence-corrected chi connectivity index (χ2v) is 5.31. The number of aromatic carboxylic acids is 1. The lowest BCUT2D eigenvalue weighted by Gasteiger charge is -2.07. The number of para-hydroxylation sites is 1. The number of hydrogen-bond acceptors (Lipinski definition) is 2. The van der Waals surface area contributed by atoms with E-state index in [-0.39, 0.29) is 5.69 Å². The average Bonchev–Trinajstić information content (AvgIpc) is 2.86. The van der Waals surface area contributed by atoms with Crippen molar-refractivity contribution in [3.63, 3.8) is 0 Å². The molecule has 21 heavy (non-hydrogen) atoms. The van der Waals surface area contributed by atoms with Crippen LogP contribution in [0.4, 0.5) is 0 Å². The van der Waals surface area contributed by atoms with Gasteiger partial charge < -0.3 is 10.1 Å². The number of rotatable bonds is 5. The molecule has 2 heterocycles. The Bertz CT molecular complexity index is 805. The molecule has 1 aromatic carbocycles. The number of fused-ring (bicyclic) bond motifs is 3. The van der Waals surface area contributed by atoms with Crippen LogP contribution in [0.5, 0.6) is 0 Å². The number of hydrogen-bond donors (Lipinski definition) is 2. The van der Waals surface area contributed by atoms with Crippen molar-refractivity contribution in [3.05, 3.63) is 41.7 Å². The fraction of sp³-hybridized carbons (Fsp3) is 0.294. The molecule has 0 radical (unpaired) electrons. The number of H-pyrrole nitrogens is 1. The summed E-state index contributed by atoms with van der Waals surface area (Å²) in [5.74, 6) is -0.950. The molecule has 3 rings (SSSR count). The van der Waals surface area contributed by atoms with Crippen LogP contribution in [0.25, 0.3) is 21.8 Å². The highest BCUT2D eigenvalue weighted by Gasteiger charge is 2.17. The van der Waals surface area contributed by atoms with Gasteiger partial charge in [0, 0.05) is 16.3 Å². The molecule has 0 unspecified atom stereocenters. The van der Waals surface area contributed by atoms with Gasteiger partial charge >= 0.3 is 5.97 Å². The van der Waals surface area contributed by atoms with E-state index in [1.54, 1.807) is 6.20 Å². The minimum absolute atomic E-state index is 0.184. The molecule has 0 amide bonds. The molecule has 0 saturated carbocycles. The fourth-order valence-electron chi connectivity index (χ4n) is 2.89. The van der Waals surface area contributed by atoms with E-state index in [1.807, 2.05) is 24.3 Å². The van der Waals surface area contributed by atoms with Gasteiger partial charge in [-0.15, -0.1) is 0 Å². The first-order valence-corrected chi connectivity index (χ1v) is 7.34. The maximum atomic E-state index is 11.5. The minimum Gasteiger partial charge on any atom is -0.477 e. The first kappa shape index (κ1) is 13.6. The Balaban J connectivity index is 2.25. The summed E-state index contributed by atoms with van der Waals surface area (Å²) < 4.78 is 0. The Hall–Kier alpha value is -2.36. The number of carboxylic acids is 1. The van der Waals surface area contributed by atoms with Gasteiger partial charge in [-0.1, -0.05) is 38.0 Å². The number of benzene rings is 1. The molecule has 2 N–H and O–H groups in total. The largest absolute Gasteiger partial charge is 0.477 e. The van der Waals surface area contributed by atoms with Gasteiger partial charge in [-0.3, -0.25) is 0 Å². The molecule has 0 aliphatic carbocycles. The number of unbranched alkanes of at least 4 members (excludes halogenated alkanes) is 2. The van der Waals surface area contributed by atoms with Gasteiger partial charge in [-0.05, 0) is 24.5 Å². The third kappa shape index (κ3) is 2.37. The highest BCUT2D eigenvalue weighted by atomic mass is 16.4. The Labute approximate surface area is 122 Å². The van der Waals surface area contributed by atoms with Crippen molar-refractivity contribution < 1.29 is 9.90 Å². The van der Waals surface area contributed by atoms with E-state index < -0.39 is 5.97 Å². The highest BCUT2D eigenvalue weighted by Crippen LogP contribution is 2.30. The van der Waals surface area contributed by atoms with Crippen LogP contribution in [0.3, 0.4) is 0 Å². The lowest BCUT2D eigenvalue weighted by Crippen LogP contribution is -2.06. The summed E-state index contributed by atoms with van der Waals surface area (Å²) in [6.07, 6.45) is 5.57. The number of aromatic nitrogens is 2. The number of carboxylic acid groups (broad SMARTS) is 1. The van der Waals surface area contributed by atoms with Crippen LogP contribution in [0.2, 0.25) is 0 Å². The molecule has 4 heteroatoms. The van der Waals surface area contributed by atoms with Gasteiger partial charge in [0.25, 0.3) is 0 Å². The minimum atomic E-state index is -0.950. The Morgan fingerprint density at radius 3 is 2.81 bits per heavy atom. The fourth-order valence-corrected chi connectivity index (χ4v) is 2.89. The third-order valence-electron chi connectivity index (χ3n) is 3.88. The van der Waals surface area contributed by atoms with E-state index >= 15 is 0 Å². The van der Waals surface area contributed by atoms with E-state index in [2.05, 4.69) is 16.9 Å². The summed E-state index contributed by atoms with van der Waals surface area (Å²) in [4.78, 5) is 19.0. The zero-order valence-corrected chi connectivity index (χ0v) is 12.0. The SMILES string of the molecule is CCCCCc1c(C(=O)O)ncc2[nH]c3ccccc3c12. The van der Waals surface area contributed by atoms with Gasteiger partial charge in [0.15, 0.2) is 5.69 Å². The number of aryl methyl sites for hydroxylation is 1. The maximum Gasteiger partial charge on any atom is 0.354 e. The summed E-state index contributed by atoms with van der Waals surface area (Å²) in [5, 5.41) is 11.5. The number of pyridine rings is 1. The van der Waals surface area contributed by atoms with Gasteiger partial charge in [-0.2, -0.15) is 0 Å². The van der Waals surface area contributed by atoms with E-state index in [0.717, 1.165) is 53.1 Å². The van der Waals surface area contributed by atoms with Crippen LogP contribution in [-0.2, 0) is 6.42 Å². The van der Waals surface area contributed by atoms with Gasteiger partial charge in [0.2, 0.25) is 0 Å². The second-order valence-electron chi connectivity index (χ2n) is 5.31. The summed E-state index contributed by atoms with van der Waals surface area (Å²) in [7, 11) is 0. The molecule has 3 aromatic rings. The van der Waals surface area contributed by atoms with Crippen LogP contribution >= 0.6 is 0 Å². The molecule has 0 aliphatic rings. The normalized spacial score (nSPS) is 11.3. The van der Waals surface area contributed by atoms with Crippen LogP contribution in [0.15, 0.2) is 30.5 Å². The van der Waals surface area contributed by atoms with Crippen molar-refractivity contribution in [3.8, 4) is 0 Å². The zero-order valence-electron chi connectivity index (χ0n) is 12.0. The average molecular weight is 282 g/mol. The molecular formula is C17H18N2O2. The highest BCUT2D eigenvalue weighted by molar-refractivity contribution is 6.10. The number of nitrogens with one attached hydrogen (secondary N) is 1. The molecule has 0 saturated heterocycles. The second kappa shape index (κ2) is 5.56. The summed E-state index contributed by atoms with van der Waals surface area (Å²) in [6.45, 7) is 2.14. The van der Waals surface area contributed by atoms with Crippen LogP contribution in [-0.4, -0.2) is 21.0 Å². The van der Waals surface area contributed by atoms with Crippen LogP contribution < -0.4 is 0 Å². The topological polar surface area (TPSA) is 66.0 Å². The van der Waals surface area contributed by atoms with Crippen LogP contribution in [0, 0.1) is 0 Å². The number of aromatic amines is 1. The quantitative estimate of drug-likeness (QED) is 0.691. The lowest BCUT2D eigenvalue weighted by molar-refractivity contribution is 0.0689. The molecule has 0 bridgehead atoms.